The highest BCUT2D eigenvalue weighted by atomic mass is 16.5. The normalized spacial score (nSPS) is 13.8. The second-order valence-corrected chi connectivity index (χ2v) is 5.38. The topological polar surface area (TPSA) is 77.0 Å². The van der Waals surface area contributed by atoms with Gasteiger partial charge in [-0.05, 0) is 13.0 Å². The summed E-state index contributed by atoms with van der Waals surface area (Å²) < 4.78 is 6.85. The molecule has 0 saturated carbocycles. The SMILES string of the molecule is C[C@@H](O)c1ccn(Cc2nc(C(C)(C)C)no2)n1. The first-order valence-corrected chi connectivity index (χ1v) is 5.91. The van der Waals surface area contributed by atoms with Crippen molar-refractivity contribution in [2.24, 2.45) is 0 Å². The highest BCUT2D eigenvalue weighted by Crippen LogP contribution is 2.18. The maximum Gasteiger partial charge on any atom is 0.248 e. The van der Waals surface area contributed by atoms with Gasteiger partial charge in [-0.25, -0.2) is 0 Å². The summed E-state index contributed by atoms with van der Waals surface area (Å²) in [5, 5.41) is 17.6. The van der Waals surface area contributed by atoms with E-state index >= 15 is 0 Å². The third kappa shape index (κ3) is 2.76. The Morgan fingerprint density at radius 1 is 1.44 bits per heavy atom. The van der Waals surface area contributed by atoms with Gasteiger partial charge in [-0.3, -0.25) is 4.68 Å². The molecule has 0 aliphatic carbocycles. The van der Waals surface area contributed by atoms with Gasteiger partial charge in [-0.15, -0.1) is 0 Å². The molecule has 0 aliphatic rings. The number of rotatable bonds is 3. The lowest BCUT2D eigenvalue weighted by Crippen LogP contribution is -2.13. The second kappa shape index (κ2) is 4.53. The van der Waals surface area contributed by atoms with Crippen molar-refractivity contribution in [3.05, 3.63) is 29.7 Å². The second-order valence-electron chi connectivity index (χ2n) is 5.38. The molecule has 0 spiro atoms. The first kappa shape index (κ1) is 12.8. The van der Waals surface area contributed by atoms with Gasteiger partial charge < -0.3 is 9.63 Å². The van der Waals surface area contributed by atoms with Crippen molar-refractivity contribution in [3.8, 4) is 0 Å². The van der Waals surface area contributed by atoms with E-state index in [9.17, 15) is 5.11 Å². The highest BCUT2D eigenvalue weighted by Gasteiger charge is 2.21. The van der Waals surface area contributed by atoms with E-state index in [-0.39, 0.29) is 5.41 Å². The Hall–Kier alpha value is -1.69. The minimum atomic E-state index is -0.570. The van der Waals surface area contributed by atoms with Crippen molar-refractivity contribution in [3.63, 3.8) is 0 Å². The highest BCUT2D eigenvalue weighted by molar-refractivity contribution is 5.03. The summed E-state index contributed by atoms with van der Waals surface area (Å²) in [4.78, 5) is 4.33. The van der Waals surface area contributed by atoms with Gasteiger partial charge in [0.2, 0.25) is 5.89 Å². The van der Waals surface area contributed by atoms with E-state index in [2.05, 4.69) is 15.2 Å². The number of nitrogens with zero attached hydrogens (tertiary/aromatic N) is 4. The zero-order valence-electron chi connectivity index (χ0n) is 11.1. The lowest BCUT2D eigenvalue weighted by molar-refractivity contribution is 0.193. The molecule has 2 heterocycles. The molecule has 0 radical (unpaired) electrons. The number of aliphatic hydroxyl groups excluding tert-OH is 1. The predicted octanol–water partition coefficient (Wildman–Crippen LogP) is 1.67. The molecule has 1 N–H and O–H groups in total. The Balaban J connectivity index is 2.11. The fourth-order valence-electron chi connectivity index (χ4n) is 1.45. The van der Waals surface area contributed by atoms with Gasteiger partial charge in [0.15, 0.2) is 5.82 Å². The van der Waals surface area contributed by atoms with E-state index in [4.69, 9.17) is 4.52 Å². The van der Waals surface area contributed by atoms with E-state index in [1.165, 1.54) is 0 Å². The summed E-state index contributed by atoms with van der Waals surface area (Å²) in [6.07, 6.45) is 1.21. The van der Waals surface area contributed by atoms with Gasteiger partial charge in [-0.1, -0.05) is 25.9 Å². The minimum Gasteiger partial charge on any atom is -0.387 e. The van der Waals surface area contributed by atoms with Crippen molar-refractivity contribution in [2.45, 2.75) is 45.8 Å². The zero-order valence-corrected chi connectivity index (χ0v) is 11.1. The molecule has 6 nitrogen and oxygen atoms in total. The van der Waals surface area contributed by atoms with Crippen LogP contribution in [0.5, 0.6) is 0 Å². The van der Waals surface area contributed by atoms with Gasteiger partial charge in [0.05, 0.1) is 11.8 Å². The van der Waals surface area contributed by atoms with Crippen LogP contribution >= 0.6 is 0 Å². The third-order valence-electron chi connectivity index (χ3n) is 2.53. The van der Waals surface area contributed by atoms with Crippen molar-refractivity contribution in [1.82, 2.24) is 19.9 Å². The molecule has 2 aromatic rings. The van der Waals surface area contributed by atoms with E-state index in [1.807, 2.05) is 20.8 Å². The molecular weight excluding hydrogens is 232 g/mol. The Morgan fingerprint density at radius 3 is 2.67 bits per heavy atom. The molecule has 0 bridgehead atoms. The Bertz CT molecular complexity index is 522. The van der Waals surface area contributed by atoms with Crippen LogP contribution in [-0.2, 0) is 12.0 Å². The molecule has 2 aromatic heterocycles. The zero-order chi connectivity index (χ0) is 13.3. The smallest absolute Gasteiger partial charge is 0.248 e. The summed E-state index contributed by atoms with van der Waals surface area (Å²) in [6.45, 7) is 8.18. The largest absolute Gasteiger partial charge is 0.387 e. The molecule has 1 atom stereocenters. The van der Waals surface area contributed by atoms with Gasteiger partial charge in [0.1, 0.15) is 6.54 Å². The predicted molar refractivity (Wildman–Crippen MR) is 65.0 cm³/mol. The van der Waals surface area contributed by atoms with Crippen LogP contribution < -0.4 is 0 Å². The molecule has 0 unspecified atom stereocenters. The Labute approximate surface area is 106 Å². The van der Waals surface area contributed by atoms with E-state index in [1.54, 1.807) is 23.9 Å². The first-order chi connectivity index (χ1) is 8.36. The molecule has 2 rings (SSSR count). The van der Waals surface area contributed by atoms with Crippen LogP contribution in [0.25, 0.3) is 0 Å². The summed E-state index contributed by atoms with van der Waals surface area (Å²) in [6, 6.07) is 1.77. The molecule has 0 fully saturated rings. The van der Waals surface area contributed by atoms with Crippen LogP contribution in [0.1, 0.15) is 51.2 Å². The molecular formula is C12H18N4O2. The average molecular weight is 250 g/mol. The third-order valence-corrected chi connectivity index (χ3v) is 2.53. The maximum absolute atomic E-state index is 9.39. The van der Waals surface area contributed by atoms with Gasteiger partial charge in [-0.2, -0.15) is 10.1 Å². The molecule has 0 amide bonds. The maximum atomic E-state index is 9.39. The van der Waals surface area contributed by atoms with Crippen LogP contribution in [-0.4, -0.2) is 25.0 Å². The minimum absolute atomic E-state index is 0.128. The molecule has 0 aliphatic heterocycles. The summed E-state index contributed by atoms with van der Waals surface area (Å²) >= 11 is 0. The van der Waals surface area contributed by atoms with E-state index < -0.39 is 6.10 Å². The molecule has 0 saturated heterocycles. The van der Waals surface area contributed by atoms with Crippen LogP contribution in [0, 0.1) is 0 Å². The standard InChI is InChI=1S/C12H18N4O2/c1-8(17)9-5-6-16(14-9)7-10-13-11(15-18-10)12(2,3)4/h5-6,8,17H,7H2,1-4H3/t8-/m1/s1. The average Bonchev–Trinajstić information content (AvgIpc) is 2.85. The Kier molecular flexibility index (Phi) is 3.21. The number of hydrogen-bond donors (Lipinski definition) is 1. The van der Waals surface area contributed by atoms with Gasteiger partial charge in [0, 0.05) is 11.6 Å². The van der Waals surface area contributed by atoms with E-state index in [0.29, 0.717) is 24.0 Å². The van der Waals surface area contributed by atoms with Crippen LogP contribution in [0.2, 0.25) is 0 Å². The molecule has 0 aromatic carbocycles. The summed E-state index contributed by atoms with van der Waals surface area (Å²) in [5.41, 5.74) is 0.502. The number of aromatic nitrogens is 4. The first-order valence-electron chi connectivity index (χ1n) is 5.91. The summed E-state index contributed by atoms with van der Waals surface area (Å²) in [5.74, 6) is 1.19. The van der Waals surface area contributed by atoms with Crippen molar-refractivity contribution >= 4 is 0 Å². The van der Waals surface area contributed by atoms with Crippen LogP contribution in [0.15, 0.2) is 16.8 Å². The Morgan fingerprint density at radius 2 is 2.17 bits per heavy atom. The molecule has 98 valence electrons. The van der Waals surface area contributed by atoms with E-state index in [0.717, 1.165) is 0 Å². The lowest BCUT2D eigenvalue weighted by atomic mass is 9.96. The fraction of sp³-hybridized carbons (Fsp3) is 0.583. The quantitative estimate of drug-likeness (QED) is 0.896. The monoisotopic (exact) mass is 250 g/mol. The lowest BCUT2D eigenvalue weighted by Gasteiger charge is -2.10. The van der Waals surface area contributed by atoms with Crippen molar-refractivity contribution in [1.29, 1.82) is 0 Å². The number of hydrogen-bond acceptors (Lipinski definition) is 5. The number of aliphatic hydroxyl groups is 1. The van der Waals surface area contributed by atoms with Gasteiger partial charge in [0.25, 0.3) is 0 Å². The van der Waals surface area contributed by atoms with Crippen molar-refractivity contribution < 1.29 is 9.63 Å². The van der Waals surface area contributed by atoms with Crippen LogP contribution in [0.4, 0.5) is 0 Å². The summed E-state index contributed by atoms with van der Waals surface area (Å²) in [7, 11) is 0. The van der Waals surface area contributed by atoms with Gasteiger partial charge >= 0.3 is 0 Å². The fourth-order valence-corrected chi connectivity index (χ4v) is 1.45. The molecule has 18 heavy (non-hydrogen) atoms. The molecule has 6 heteroatoms. The van der Waals surface area contributed by atoms with Crippen molar-refractivity contribution in [2.75, 3.05) is 0 Å². The van der Waals surface area contributed by atoms with Crippen LogP contribution in [0.3, 0.4) is 0 Å².